The van der Waals surface area contributed by atoms with Gasteiger partial charge in [0.15, 0.2) is 0 Å². The molecule has 0 unspecified atom stereocenters. The van der Waals surface area contributed by atoms with Gasteiger partial charge in [-0.25, -0.2) is 0 Å². The molecule has 1 N–H and O–H groups in total. The maximum Gasteiger partial charge on any atom is 0.107 e. The van der Waals surface area contributed by atoms with E-state index in [9.17, 15) is 0 Å². The number of rotatable bonds is 0. The summed E-state index contributed by atoms with van der Waals surface area (Å²) in [7, 11) is 0. The Hall–Kier alpha value is -0.500. The van der Waals surface area contributed by atoms with Crippen molar-refractivity contribution in [3.63, 3.8) is 0 Å². The van der Waals surface area contributed by atoms with Crippen LogP contribution in [0.5, 0.6) is 0 Å². The molecule has 1 radical (unpaired) electrons. The lowest BCUT2D eigenvalue weighted by molar-refractivity contribution is 0.146. The van der Waals surface area contributed by atoms with Crippen LogP contribution in [0.2, 0.25) is 0 Å². The second-order valence-electron chi connectivity index (χ2n) is 1.36. The lowest BCUT2D eigenvalue weighted by Crippen LogP contribution is -2.10. The first-order valence-corrected chi connectivity index (χ1v) is 2.35. The van der Waals surface area contributed by atoms with Gasteiger partial charge in [-0.15, -0.1) is 0 Å². The third-order valence-electron chi connectivity index (χ3n) is 0.778. The van der Waals surface area contributed by atoms with Crippen molar-refractivity contribution in [2.45, 2.75) is 6.42 Å². The second kappa shape index (κ2) is 2.64. The van der Waals surface area contributed by atoms with Gasteiger partial charge < -0.3 is 4.84 Å². The van der Waals surface area contributed by atoms with Crippen molar-refractivity contribution in [1.29, 1.82) is 0 Å². The van der Waals surface area contributed by atoms with Crippen molar-refractivity contribution >= 4 is 0 Å². The summed E-state index contributed by atoms with van der Waals surface area (Å²) in [5.74, 6) is 0. The van der Waals surface area contributed by atoms with Crippen molar-refractivity contribution in [1.82, 2.24) is 5.48 Å². The van der Waals surface area contributed by atoms with Crippen LogP contribution in [-0.4, -0.2) is 6.54 Å². The van der Waals surface area contributed by atoms with Crippen LogP contribution in [0.4, 0.5) is 0 Å². The molecular formula is C5H8NO. The largest absolute Gasteiger partial charge is 0.417 e. The molecule has 0 aliphatic carbocycles. The summed E-state index contributed by atoms with van der Waals surface area (Å²) in [5, 5.41) is 0. The zero-order valence-electron chi connectivity index (χ0n) is 4.05. The van der Waals surface area contributed by atoms with Crippen LogP contribution < -0.4 is 5.48 Å². The van der Waals surface area contributed by atoms with E-state index in [-0.39, 0.29) is 0 Å². The Morgan fingerprint density at radius 3 is 3.57 bits per heavy atom. The molecule has 0 aromatic heterocycles. The van der Waals surface area contributed by atoms with Crippen LogP contribution in [0.25, 0.3) is 0 Å². The highest BCUT2D eigenvalue weighted by Gasteiger charge is 1.87. The van der Waals surface area contributed by atoms with Crippen molar-refractivity contribution < 1.29 is 4.84 Å². The molecular weight excluding hydrogens is 90.1 g/mol. The highest BCUT2D eigenvalue weighted by Crippen LogP contribution is 1.91. The normalized spacial score (nSPS) is 20.6. The van der Waals surface area contributed by atoms with Crippen molar-refractivity contribution in [2.24, 2.45) is 0 Å². The molecule has 1 rings (SSSR count). The molecule has 0 saturated heterocycles. The van der Waals surface area contributed by atoms with Gasteiger partial charge in [0.05, 0.1) is 0 Å². The minimum Gasteiger partial charge on any atom is -0.417 e. The Balaban J connectivity index is 2.20. The number of hydrogen-bond donors (Lipinski definition) is 1. The maximum absolute atomic E-state index is 4.73. The van der Waals surface area contributed by atoms with Gasteiger partial charge in [0.25, 0.3) is 0 Å². The van der Waals surface area contributed by atoms with E-state index in [4.69, 9.17) is 4.84 Å². The lowest BCUT2D eigenvalue weighted by atomic mass is 10.3. The summed E-state index contributed by atoms with van der Waals surface area (Å²) in [4.78, 5) is 4.73. The van der Waals surface area contributed by atoms with Gasteiger partial charge in [-0.2, -0.15) is 5.48 Å². The molecule has 39 valence electrons. The average Bonchev–Trinajstić information content (AvgIpc) is 1.90. The van der Waals surface area contributed by atoms with Gasteiger partial charge in [-0.05, 0) is 18.9 Å². The van der Waals surface area contributed by atoms with Crippen LogP contribution in [-0.2, 0) is 4.84 Å². The third-order valence-corrected chi connectivity index (χ3v) is 0.778. The fraction of sp³-hybridized carbons (Fsp3) is 0.400. The first-order valence-electron chi connectivity index (χ1n) is 2.35. The molecule has 0 fully saturated rings. The molecule has 1 heterocycles. The van der Waals surface area contributed by atoms with E-state index in [0.717, 1.165) is 13.0 Å². The van der Waals surface area contributed by atoms with Crippen molar-refractivity contribution in [3.05, 3.63) is 18.8 Å². The number of nitrogens with one attached hydrogen (secondary N) is 1. The molecule has 0 saturated carbocycles. The van der Waals surface area contributed by atoms with Gasteiger partial charge >= 0.3 is 0 Å². The van der Waals surface area contributed by atoms with Crippen LogP contribution in [0.15, 0.2) is 12.3 Å². The van der Waals surface area contributed by atoms with Gasteiger partial charge in [-0.1, -0.05) is 0 Å². The summed E-state index contributed by atoms with van der Waals surface area (Å²) in [6.07, 6.45) is 6.72. The van der Waals surface area contributed by atoms with Crippen molar-refractivity contribution in [3.8, 4) is 0 Å². The molecule has 0 spiro atoms. The number of hydrogen-bond acceptors (Lipinski definition) is 2. The minimum atomic E-state index is 0.840. The first kappa shape index (κ1) is 4.65. The van der Waals surface area contributed by atoms with E-state index in [2.05, 4.69) is 11.9 Å². The van der Waals surface area contributed by atoms with Gasteiger partial charge in [0, 0.05) is 6.54 Å². The topological polar surface area (TPSA) is 21.3 Å². The van der Waals surface area contributed by atoms with Crippen LogP contribution in [0.3, 0.4) is 0 Å². The molecule has 1 aliphatic rings. The monoisotopic (exact) mass is 98.1 g/mol. The molecule has 2 nitrogen and oxygen atoms in total. The Kier molecular flexibility index (Phi) is 1.75. The SMILES string of the molecule is [CH]1CC=CONC1. The summed E-state index contributed by atoms with van der Waals surface area (Å²) in [5.41, 5.74) is 2.70. The molecule has 0 aromatic rings. The predicted octanol–water partition coefficient (Wildman–Crippen LogP) is 0.629. The zero-order chi connectivity index (χ0) is 4.95. The predicted molar refractivity (Wildman–Crippen MR) is 27.1 cm³/mol. The number of hydroxylamine groups is 1. The van der Waals surface area contributed by atoms with E-state index in [1.807, 2.05) is 6.08 Å². The summed E-state index contributed by atoms with van der Waals surface area (Å²) >= 11 is 0. The Morgan fingerprint density at radius 2 is 2.57 bits per heavy atom. The van der Waals surface area contributed by atoms with Gasteiger partial charge in [0.2, 0.25) is 0 Å². The highest BCUT2D eigenvalue weighted by molar-refractivity contribution is 4.84. The fourth-order valence-corrected chi connectivity index (χ4v) is 0.438. The zero-order valence-corrected chi connectivity index (χ0v) is 4.05. The standard InChI is InChI=1S/C5H8NO/c1-2-4-6-7-5-3-1/h2-3,5-6H,1,4H2. The summed E-state index contributed by atoms with van der Waals surface area (Å²) in [6.45, 7) is 0.840. The number of allylic oxidation sites excluding steroid dienone is 1. The van der Waals surface area contributed by atoms with E-state index < -0.39 is 0 Å². The lowest BCUT2D eigenvalue weighted by Gasteiger charge is -1.93. The average molecular weight is 98.1 g/mol. The van der Waals surface area contributed by atoms with Crippen LogP contribution >= 0.6 is 0 Å². The quantitative estimate of drug-likeness (QED) is 0.479. The molecule has 0 atom stereocenters. The summed E-state index contributed by atoms with van der Waals surface area (Å²) < 4.78 is 0. The fourth-order valence-electron chi connectivity index (χ4n) is 0.438. The Bertz CT molecular complexity index is 62.5. The van der Waals surface area contributed by atoms with Gasteiger partial charge in [0.1, 0.15) is 6.26 Å². The van der Waals surface area contributed by atoms with E-state index in [1.54, 1.807) is 6.26 Å². The molecule has 7 heavy (non-hydrogen) atoms. The van der Waals surface area contributed by atoms with Gasteiger partial charge in [-0.3, -0.25) is 0 Å². The second-order valence-corrected chi connectivity index (χ2v) is 1.36. The minimum absolute atomic E-state index is 0.840. The Morgan fingerprint density at radius 1 is 1.57 bits per heavy atom. The van der Waals surface area contributed by atoms with E-state index in [0.29, 0.717) is 0 Å². The van der Waals surface area contributed by atoms with Crippen LogP contribution in [0.1, 0.15) is 6.42 Å². The molecule has 0 aromatic carbocycles. The molecule has 2 heteroatoms. The van der Waals surface area contributed by atoms with E-state index in [1.165, 1.54) is 0 Å². The molecule has 0 amide bonds. The van der Waals surface area contributed by atoms with E-state index >= 15 is 0 Å². The first-order chi connectivity index (χ1) is 3.50. The smallest absolute Gasteiger partial charge is 0.107 e. The highest BCUT2D eigenvalue weighted by atomic mass is 16.6. The third kappa shape index (κ3) is 1.59. The molecule has 0 bridgehead atoms. The molecule has 1 aliphatic heterocycles. The van der Waals surface area contributed by atoms with Crippen molar-refractivity contribution in [2.75, 3.05) is 6.54 Å². The maximum atomic E-state index is 4.73. The Labute approximate surface area is 43.1 Å². The summed E-state index contributed by atoms with van der Waals surface area (Å²) in [6, 6.07) is 0. The van der Waals surface area contributed by atoms with Crippen LogP contribution in [0, 0.1) is 6.42 Å².